The number of carbonyl (C=O) groups excluding carboxylic acids is 1. The molecule has 1 amide bonds. The molecular weight excluding hydrogens is 170 g/mol. The molecule has 0 aromatic carbocycles. The summed E-state index contributed by atoms with van der Waals surface area (Å²) in [4.78, 5) is 11.1. The fourth-order valence-corrected chi connectivity index (χ4v) is 0.705. The van der Waals surface area contributed by atoms with Crippen LogP contribution in [0.3, 0.4) is 0 Å². The maximum absolute atomic E-state index is 11.1. The van der Waals surface area contributed by atoms with E-state index in [1.54, 1.807) is 7.11 Å². The molecule has 0 aromatic rings. The van der Waals surface area contributed by atoms with Gasteiger partial charge in [0.15, 0.2) is 0 Å². The number of nitrogens with one attached hydrogen (secondary N) is 2. The van der Waals surface area contributed by atoms with E-state index >= 15 is 0 Å². The Bertz CT molecular complexity index is 141. The van der Waals surface area contributed by atoms with Crippen LogP contribution >= 0.6 is 0 Å². The Morgan fingerprint density at radius 3 is 2.85 bits per heavy atom. The second-order valence-electron chi connectivity index (χ2n) is 2.86. The van der Waals surface area contributed by atoms with Crippen LogP contribution in [0.15, 0.2) is 0 Å². The van der Waals surface area contributed by atoms with Crippen molar-refractivity contribution >= 4 is 5.91 Å². The summed E-state index contributed by atoms with van der Waals surface area (Å²) in [7, 11) is 1.60. The Morgan fingerprint density at radius 1 is 1.62 bits per heavy atom. The highest BCUT2D eigenvalue weighted by Gasteiger charge is 2.02. The lowest BCUT2D eigenvalue weighted by Crippen LogP contribution is -2.41. The molecule has 0 saturated heterocycles. The minimum Gasteiger partial charge on any atom is -0.383 e. The fourth-order valence-electron chi connectivity index (χ4n) is 0.705. The number of carbonyl (C=O) groups is 1. The Labute approximate surface area is 79.0 Å². The number of ether oxygens (including phenoxy) is 1. The summed E-state index contributed by atoms with van der Waals surface area (Å²) in [5.74, 6) is -0.0302. The van der Waals surface area contributed by atoms with Crippen molar-refractivity contribution in [2.75, 3.05) is 33.4 Å². The first-order valence-corrected chi connectivity index (χ1v) is 4.39. The molecule has 4 N–H and O–H groups in total. The molecule has 0 heterocycles. The average molecular weight is 189 g/mol. The van der Waals surface area contributed by atoms with E-state index in [2.05, 4.69) is 10.6 Å². The molecule has 0 aliphatic rings. The number of rotatable bonds is 7. The van der Waals surface area contributed by atoms with Crippen LogP contribution < -0.4 is 16.4 Å². The zero-order valence-corrected chi connectivity index (χ0v) is 8.30. The van der Waals surface area contributed by atoms with Gasteiger partial charge in [-0.25, -0.2) is 0 Å². The predicted octanol–water partition coefficient (Wildman–Crippen LogP) is -1.31. The van der Waals surface area contributed by atoms with Gasteiger partial charge in [-0.05, 0) is 6.92 Å². The molecule has 0 bridgehead atoms. The van der Waals surface area contributed by atoms with E-state index in [1.165, 1.54) is 0 Å². The van der Waals surface area contributed by atoms with Crippen LogP contribution in [-0.4, -0.2) is 45.3 Å². The van der Waals surface area contributed by atoms with Gasteiger partial charge in [0, 0.05) is 26.2 Å². The van der Waals surface area contributed by atoms with Gasteiger partial charge in [0.2, 0.25) is 5.91 Å². The molecule has 0 fully saturated rings. The minimum atomic E-state index is -0.0302. The molecule has 13 heavy (non-hydrogen) atoms. The highest BCUT2D eigenvalue weighted by Crippen LogP contribution is 1.74. The molecule has 0 aliphatic carbocycles. The number of nitrogens with two attached hydrogens (primary N) is 1. The third-order valence-electron chi connectivity index (χ3n) is 1.59. The van der Waals surface area contributed by atoms with Gasteiger partial charge in [-0.15, -0.1) is 0 Å². The summed E-state index contributed by atoms with van der Waals surface area (Å²) in [6.45, 7) is 3.86. The predicted molar refractivity (Wildman–Crippen MR) is 51.4 cm³/mol. The summed E-state index contributed by atoms with van der Waals surface area (Å²) < 4.78 is 4.78. The van der Waals surface area contributed by atoms with Crippen molar-refractivity contribution < 1.29 is 9.53 Å². The zero-order valence-electron chi connectivity index (χ0n) is 8.30. The van der Waals surface area contributed by atoms with Crippen LogP contribution in [-0.2, 0) is 9.53 Å². The van der Waals surface area contributed by atoms with E-state index < -0.39 is 0 Å². The summed E-state index contributed by atoms with van der Waals surface area (Å²) in [5, 5.41) is 5.68. The molecule has 1 atom stereocenters. The summed E-state index contributed by atoms with van der Waals surface area (Å²) >= 11 is 0. The van der Waals surface area contributed by atoms with E-state index in [0.717, 1.165) is 0 Å². The molecular formula is C8H19N3O2. The van der Waals surface area contributed by atoms with E-state index in [9.17, 15) is 4.79 Å². The number of hydrogen-bond donors (Lipinski definition) is 3. The number of amides is 1. The minimum absolute atomic E-state index is 0.0302. The van der Waals surface area contributed by atoms with E-state index in [1.807, 2.05) is 6.92 Å². The van der Waals surface area contributed by atoms with Gasteiger partial charge < -0.3 is 21.1 Å². The lowest BCUT2D eigenvalue weighted by molar-refractivity contribution is -0.120. The topological polar surface area (TPSA) is 76.4 Å². The number of methoxy groups -OCH3 is 1. The van der Waals surface area contributed by atoms with Gasteiger partial charge >= 0.3 is 0 Å². The van der Waals surface area contributed by atoms with Crippen molar-refractivity contribution in [3.05, 3.63) is 0 Å². The lowest BCUT2D eigenvalue weighted by Gasteiger charge is -2.10. The molecule has 78 valence electrons. The molecule has 0 aromatic heterocycles. The third-order valence-corrected chi connectivity index (χ3v) is 1.59. The molecule has 5 heteroatoms. The zero-order chi connectivity index (χ0) is 10.1. The molecule has 5 nitrogen and oxygen atoms in total. The van der Waals surface area contributed by atoms with E-state index in [4.69, 9.17) is 10.5 Å². The fraction of sp³-hybridized carbons (Fsp3) is 0.875. The van der Waals surface area contributed by atoms with Crippen molar-refractivity contribution in [2.24, 2.45) is 5.73 Å². The second kappa shape index (κ2) is 7.97. The third kappa shape index (κ3) is 7.70. The smallest absolute Gasteiger partial charge is 0.234 e. The van der Waals surface area contributed by atoms with Crippen molar-refractivity contribution in [1.82, 2.24) is 10.6 Å². The molecule has 0 saturated carbocycles. The Balaban J connectivity index is 3.30. The first-order valence-electron chi connectivity index (χ1n) is 4.39. The standard InChI is InChI=1S/C8H19N3O2/c1-7(5-9)11-6-8(12)10-3-4-13-2/h7,11H,3-6,9H2,1-2H3,(H,10,12). The molecule has 0 aliphatic heterocycles. The quantitative estimate of drug-likeness (QED) is 0.434. The van der Waals surface area contributed by atoms with Crippen LogP contribution in [0.4, 0.5) is 0 Å². The second-order valence-corrected chi connectivity index (χ2v) is 2.86. The summed E-state index contributed by atoms with van der Waals surface area (Å²) in [6, 6.07) is 0.174. The Hall–Kier alpha value is -0.650. The van der Waals surface area contributed by atoms with Crippen LogP contribution in [0.1, 0.15) is 6.92 Å². The maximum atomic E-state index is 11.1. The summed E-state index contributed by atoms with van der Waals surface area (Å²) in [6.07, 6.45) is 0. The van der Waals surface area contributed by atoms with Crippen molar-refractivity contribution in [1.29, 1.82) is 0 Å². The van der Waals surface area contributed by atoms with Gasteiger partial charge in [0.1, 0.15) is 0 Å². The highest BCUT2D eigenvalue weighted by atomic mass is 16.5. The Kier molecular flexibility index (Phi) is 7.57. The maximum Gasteiger partial charge on any atom is 0.234 e. The first kappa shape index (κ1) is 12.3. The van der Waals surface area contributed by atoms with Gasteiger partial charge in [-0.1, -0.05) is 0 Å². The monoisotopic (exact) mass is 189 g/mol. The Morgan fingerprint density at radius 2 is 2.31 bits per heavy atom. The first-order chi connectivity index (χ1) is 6.20. The molecule has 0 rings (SSSR count). The molecule has 1 unspecified atom stereocenters. The average Bonchev–Trinajstić information content (AvgIpc) is 2.14. The highest BCUT2D eigenvalue weighted by molar-refractivity contribution is 5.77. The van der Waals surface area contributed by atoms with Gasteiger partial charge in [-0.2, -0.15) is 0 Å². The summed E-state index contributed by atoms with van der Waals surface area (Å²) in [5.41, 5.74) is 5.37. The van der Waals surface area contributed by atoms with Crippen LogP contribution in [0.5, 0.6) is 0 Å². The van der Waals surface area contributed by atoms with Crippen LogP contribution in [0.2, 0.25) is 0 Å². The van der Waals surface area contributed by atoms with E-state index in [-0.39, 0.29) is 11.9 Å². The van der Waals surface area contributed by atoms with Crippen LogP contribution in [0.25, 0.3) is 0 Å². The molecule has 0 radical (unpaired) electrons. The van der Waals surface area contributed by atoms with Gasteiger partial charge in [0.05, 0.1) is 13.2 Å². The number of hydrogen-bond acceptors (Lipinski definition) is 4. The SMILES string of the molecule is COCCNC(=O)CNC(C)CN. The van der Waals surface area contributed by atoms with Crippen molar-refractivity contribution in [3.8, 4) is 0 Å². The lowest BCUT2D eigenvalue weighted by atomic mass is 10.3. The molecule has 0 spiro atoms. The van der Waals surface area contributed by atoms with Gasteiger partial charge in [0.25, 0.3) is 0 Å². The van der Waals surface area contributed by atoms with Crippen molar-refractivity contribution in [3.63, 3.8) is 0 Å². The largest absolute Gasteiger partial charge is 0.383 e. The normalized spacial score (nSPS) is 12.5. The van der Waals surface area contributed by atoms with Gasteiger partial charge in [-0.3, -0.25) is 4.79 Å². The van der Waals surface area contributed by atoms with Crippen LogP contribution in [0, 0.1) is 0 Å². The van der Waals surface area contributed by atoms with Crippen molar-refractivity contribution in [2.45, 2.75) is 13.0 Å². The van der Waals surface area contributed by atoms with E-state index in [0.29, 0.717) is 26.2 Å².